The summed E-state index contributed by atoms with van der Waals surface area (Å²) < 4.78 is 0. The standard InChI is InChI=1S/C18H15NO/c1-2-13-6-3-4-8-16(13)18(20)15-9-10-17-14(12-15)7-5-11-19-17/h3-12H,2H2,1H3. The Labute approximate surface area is 118 Å². The van der Waals surface area contributed by atoms with E-state index in [0.717, 1.165) is 28.5 Å². The number of carbonyl (C=O) groups is 1. The third-order valence-electron chi connectivity index (χ3n) is 3.51. The molecule has 20 heavy (non-hydrogen) atoms. The number of benzene rings is 2. The van der Waals surface area contributed by atoms with E-state index in [2.05, 4.69) is 11.9 Å². The van der Waals surface area contributed by atoms with Gasteiger partial charge in [-0.3, -0.25) is 9.78 Å². The Morgan fingerprint density at radius 3 is 2.75 bits per heavy atom. The van der Waals surface area contributed by atoms with Gasteiger partial charge in [0.25, 0.3) is 0 Å². The third kappa shape index (κ3) is 2.21. The minimum atomic E-state index is 0.0770. The van der Waals surface area contributed by atoms with Gasteiger partial charge in [-0.2, -0.15) is 0 Å². The predicted octanol–water partition coefficient (Wildman–Crippen LogP) is 4.03. The van der Waals surface area contributed by atoms with Gasteiger partial charge in [0.1, 0.15) is 0 Å². The third-order valence-corrected chi connectivity index (χ3v) is 3.51. The normalized spacial score (nSPS) is 10.7. The lowest BCUT2D eigenvalue weighted by Gasteiger charge is -2.07. The first-order valence-electron chi connectivity index (χ1n) is 6.77. The molecule has 0 amide bonds. The van der Waals surface area contributed by atoms with E-state index in [-0.39, 0.29) is 5.78 Å². The van der Waals surface area contributed by atoms with Crippen LogP contribution in [0.1, 0.15) is 28.4 Å². The summed E-state index contributed by atoms with van der Waals surface area (Å²) in [6.07, 6.45) is 2.62. The number of hydrogen-bond donors (Lipinski definition) is 0. The van der Waals surface area contributed by atoms with E-state index in [0.29, 0.717) is 5.56 Å². The Bertz CT molecular complexity index is 777. The Hall–Kier alpha value is -2.48. The molecule has 0 unspecified atom stereocenters. The summed E-state index contributed by atoms with van der Waals surface area (Å²) in [6.45, 7) is 2.07. The Morgan fingerprint density at radius 2 is 1.90 bits per heavy atom. The average Bonchev–Trinajstić information content (AvgIpc) is 2.53. The maximum Gasteiger partial charge on any atom is 0.193 e. The molecule has 0 aliphatic rings. The van der Waals surface area contributed by atoms with Crippen LogP contribution in [0.2, 0.25) is 0 Å². The van der Waals surface area contributed by atoms with Crippen LogP contribution < -0.4 is 0 Å². The van der Waals surface area contributed by atoms with E-state index in [4.69, 9.17) is 0 Å². The van der Waals surface area contributed by atoms with Crippen molar-refractivity contribution in [1.82, 2.24) is 4.98 Å². The largest absolute Gasteiger partial charge is 0.289 e. The summed E-state index contributed by atoms with van der Waals surface area (Å²) in [5.41, 5.74) is 3.50. The number of nitrogens with zero attached hydrogens (tertiary/aromatic N) is 1. The van der Waals surface area contributed by atoms with E-state index in [1.54, 1.807) is 6.20 Å². The van der Waals surface area contributed by atoms with Crippen molar-refractivity contribution in [1.29, 1.82) is 0 Å². The second-order valence-electron chi connectivity index (χ2n) is 4.75. The van der Waals surface area contributed by atoms with E-state index in [1.165, 1.54) is 0 Å². The first-order chi connectivity index (χ1) is 9.79. The molecule has 0 saturated heterocycles. The molecule has 0 saturated carbocycles. The molecule has 0 fully saturated rings. The van der Waals surface area contributed by atoms with Crippen LogP contribution in [0.5, 0.6) is 0 Å². The first kappa shape index (κ1) is 12.5. The number of aromatic nitrogens is 1. The summed E-state index contributed by atoms with van der Waals surface area (Å²) in [6, 6.07) is 17.3. The zero-order valence-electron chi connectivity index (χ0n) is 11.3. The van der Waals surface area contributed by atoms with Gasteiger partial charge in [-0.15, -0.1) is 0 Å². The van der Waals surface area contributed by atoms with Gasteiger partial charge in [-0.05, 0) is 36.2 Å². The predicted molar refractivity (Wildman–Crippen MR) is 81.0 cm³/mol. The summed E-state index contributed by atoms with van der Waals surface area (Å²) in [5, 5.41) is 0.993. The lowest BCUT2D eigenvalue weighted by Crippen LogP contribution is -2.05. The zero-order valence-corrected chi connectivity index (χ0v) is 11.3. The molecule has 1 aromatic heterocycles. The SMILES string of the molecule is CCc1ccccc1C(=O)c1ccc2ncccc2c1. The molecule has 3 aromatic rings. The molecular weight excluding hydrogens is 246 g/mol. The van der Waals surface area contributed by atoms with Crippen molar-refractivity contribution >= 4 is 16.7 Å². The van der Waals surface area contributed by atoms with Crippen LogP contribution in [0.4, 0.5) is 0 Å². The topological polar surface area (TPSA) is 30.0 Å². The highest BCUT2D eigenvalue weighted by Crippen LogP contribution is 2.19. The number of rotatable bonds is 3. The number of carbonyl (C=O) groups excluding carboxylic acids is 1. The van der Waals surface area contributed by atoms with Crippen LogP contribution in [0, 0.1) is 0 Å². The summed E-state index contributed by atoms with van der Waals surface area (Å²) in [4.78, 5) is 16.9. The lowest BCUT2D eigenvalue weighted by molar-refractivity contribution is 0.103. The van der Waals surface area contributed by atoms with Gasteiger partial charge in [-0.1, -0.05) is 37.3 Å². The van der Waals surface area contributed by atoms with E-state index in [1.807, 2.05) is 54.6 Å². The van der Waals surface area contributed by atoms with Crippen LogP contribution in [0.3, 0.4) is 0 Å². The molecule has 2 heteroatoms. The number of hydrogen-bond acceptors (Lipinski definition) is 2. The van der Waals surface area contributed by atoms with Gasteiger partial charge < -0.3 is 0 Å². The fourth-order valence-electron chi connectivity index (χ4n) is 2.42. The second-order valence-corrected chi connectivity index (χ2v) is 4.75. The van der Waals surface area contributed by atoms with Gasteiger partial charge in [0.2, 0.25) is 0 Å². The van der Waals surface area contributed by atoms with Crippen LogP contribution in [0.15, 0.2) is 60.8 Å². The molecule has 98 valence electrons. The van der Waals surface area contributed by atoms with Crippen LogP contribution in [0.25, 0.3) is 10.9 Å². The summed E-state index contributed by atoms with van der Waals surface area (Å²) >= 11 is 0. The number of pyridine rings is 1. The zero-order chi connectivity index (χ0) is 13.9. The Balaban J connectivity index is 2.08. The number of fused-ring (bicyclic) bond motifs is 1. The maximum absolute atomic E-state index is 12.6. The first-order valence-corrected chi connectivity index (χ1v) is 6.77. The van der Waals surface area contributed by atoms with Crippen molar-refractivity contribution in [3.63, 3.8) is 0 Å². The van der Waals surface area contributed by atoms with Crippen molar-refractivity contribution in [2.75, 3.05) is 0 Å². The highest BCUT2D eigenvalue weighted by atomic mass is 16.1. The van der Waals surface area contributed by atoms with Crippen LogP contribution >= 0.6 is 0 Å². The van der Waals surface area contributed by atoms with Crippen LogP contribution in [-0.2, 0) is 6.42 Å². The molecule has 3 rings (SSSR count). The molecule has 0 atom stereocenters. The monoisotopic (exact) mass is 261 g/mol. The summed E-state index contributed by atoms with van der Waals surface area (Å²) in [7, 11) is 0. The molecule has 0 radical (unpaired) electrons. The Morgan fingerprint density at radius 1 is 1.05 bits per heavy atom. The smallest absolute Gasteiger partial charge is 0.193 e. The van der Waals surface area contributed by atoms with Gasteiger partial charge in [0.05, 0.1) is 5.52 Å². The van der Waals surface area contributed by atoms with Crippen molar-refractivity contribution in [2.45, 2.75) is 13.3 Å². The summed E-state index contributed by atoms with van der Waals surface area (Å²) in [5.74, 6) is 0.0770. The molecule has 0 spiro atoms. The minimum absolute atomic E-state index is 0.0770. The lowest BCUT2D eigenvalue weighted by atomic mass is 9.96. The van der Waals surface area contributed by atoms with E-state index >= 15 is 0 Å². The molecule has 0 aliphatic carbocycles. The number of ketones is 1. The van der Waals surface area contributed by atoms with Gasteiger partial charge in [0, 0.05) is 22.7 Å². The molecule has 0 aliphatic heterocycles. The molecule has 0 bridgehead atoms. The highest BCUT2D eigenvalue weighted by Gasteiger charge is 2.12. The highest BCUT2D eigenvalue weighted by molar-refractivity contribution is 6.11. The quantitative estimate of drug-likeness (QED) is 0.666. The molecule has 0 N–H and O–H groups in total. The Kier molecular flexibility index (Phi) is 3.30. The van der Waals surface area contributed by atoms with E-state index in [9.17, 15) is 4.79 Å². The maximum atomic E-state index is 12.6. The number of aryl methyl sites for hydroxylation is 1. The van der Waals surface area contributed by atoms with E-state index < -0.39 is 0 Å². The van der Waals surface area contributed by atoms with Crippen LogP contribution in [-0.4, -0.2) is 10.8 Å². The fraction of sp³-hybridized carbons (Fsp3) is 0.111. The molecule has 1 heterocycles. The average molecular weight is 261 g/mol. The molecule has 2 nitrogen and oxygen atoms in total. The van der Waals surface area contributed by atoms with Gasteiger partial charge in [-0.25, -0.2) is 0 Å². The molecule has 2 aromatic carbocycles. The minimum Gasteiger partial charge on any atom is -0.289 e. The van der Waals surface area contributed by atoms with Crippen molar-refractivity contribution < 1.29 is 4.79 Å². The van der Waals surface area contributed by atoms with Crippen molar-refractivity contribution in [3.8, 4) is 0 Å². The van der Waals surface area contributed by atoms with Crippen molar-refractivity contribution in [2.24, 2.45) is 0 Å². The second kappa shape index (κ2) is 5.25. The molecular formula is C18H15NO. The van der Waals surface area contributed by atoms with Gasteiger partial charge >= 0.3 is 0 Å². The fourth-order valence-corrected chi connectivity index (χ4v) is 2.42. The van der Waals surface area contributed by atoms with Gasteiger partial charge in [0.15, 0.2) is 5.78 Å². The van der Waals surface area contributed by atoms with Crippen molar-refractivity contribution in [3.05, 3.63) is 77.5 Å².